The Labute approximate surface area is 307 Å². The molecule has 0 aliphatic rings. The van der Waals surface area contributed by atoms with Crippen molar-refractivity contribution in [3.63, 3.8) is 0 Å². The van der Waals surface area contributed by atoms with Crippen molar-refractivity contribution in [3.8, 4) is 28.2 Å². The Morgan fingerprint density at radius 3 is 1.96 bits per heavy atom. The van der Waals surface area contributed by atoms with Crippen LogP contribution in [0.4, 0.5) is 0 Å². The van der Waals surface area contributed by atoms with E-state index in [0.717, 1.165) is 72.1 Å². The Kier molecular flexibility index (Phi) is 8.27. The fraction of sp³-hybridized carbons (Fsp3) is 0.0426. The minimum Gasteiger partial charge on any atom is -0.383 e. The molecule has 4 N–H and O–H groups in total. The Balaban J connectivity index is 1.14. The van der Waals surface area contributed by atoms with Crippen LogP contribution in [0.25, 0.3) is 60.8 Å². The van der Waals surface area contributed by atoms with E-state index in [1.807, 2.05) is 67.0 Å². The van der Waals surface area contributed by atoms with Crippen molar-refractivity contribution in [1.29, 1.82) is 0 Å². The van der Waals surface area contributed by atoms with Gasteiger partial charge in [0.2, 0.25) is 0 Å². The first-order chi connectivity index (χ1) is 26.1. The van der Waals surface area contributed by atoms with Crippen LogP contribution in [0.5, 0.6) is 0 Å². The second-order valence-corrected chi connectivity index (χ2v) is 13.2. The number of fused-ring (bicyclic) bond motifs is 6. The maximum atomic E-state index is 7.01. The van der Waals surface area contributed by atoms with Gasteiger partial charge < -0.3 is 11.5 Å². The van der Waals surface area contributed by atoms with E-state index in [9.17, 15) is 0 Å². The molecule has 2 heterocycles. The molecule has 2 aromatic heterocycles. The van der Waals surface area contributed by atoms with Gasteiger partial charge in [-0.2, -0.15) is 0 Å². The quantitative estimate of drug-likeness (QED) is 0.0946. The Hall–Kier alpha value is -6.89. The first-order valence-electron chi connectivity index (χ1n) is 17.8. The number of aliphatic imine (C=N–C) groups is 1. The van der Waals surface area contributed by atoms with Gasteiger partial charge in [-0.1, -0.05) is 152 Å². The van der Waals surface area contributed by atoms with E-state index in [0.29, 0.717) is 5.84 Å². The van der Waals surface area contributed by atoms with Gasteiger partial charge in [0.25, 0.3) is 0 Å². The highest BCUT2D eigenvalue weighted by Gasteiger charge is 2.23. The Morgan fingerprint density at radius 1 is 0.566 bits per heavy atom. The van der Waals surface area contributed by atoms with Gasteiger partial charge in [-0.15, -0.1) is 0 Å². The van der Waals surface area contributed by atoms with E-state index >= 15 is 0 Å². The van der Waals surface area contributed by atoms with Crippen LogP contribution in [0.1, 0.15) is 28.8 Å². The SMILES string of the molecule is NC(=NC(c1ccccc1)[C@@H](N)c1ccc(-c2cccc(-n3c(-c4ccccc4)nc4c5cnccc5c5ccccc5c43)c2)cc1)c1ccccc1. The molecule has 6 heteroatoms. The monoisotopic (exact) mass is 684 g/mol. The molecule has 0 fully saturated rings. The van der Waals surface area contributed by atoms with Crippen molar-refractivity contribution in [2.75, 3.05) is 0 Å². The topological polar surface area (TPSA) is 95.1 Å². The van der Waals surface area contributed by atoms with E-state index in [2.05, 4.69) is 125 Å². The summed E-state index contributed by atoms with van der Waals surface area (Å²) in [6.07, 6.45) is 3.79. The summed E-state index contributed by atoms with van der Waals surface area (Å²) in [5.74, 6) is 1.34. The molecule has 53 heavy (non-hydrogen) atoms. The summed E-state index contributed by atoms with van der Waals surface area (Å²) >= 11 is 0. The van der Waals surface area contributed by atoms with Crippen molar-refractivity contribution < 1.29 is 0 Å². The molecule has 0 radical (unpaired) electrons. The average Bonchev–Trinajstić information content (AvgIpc) is 3.65. The second-order valence-electron chi connectivity index (χ2n) is 13.2. The minimum atomic E-state index is -0.414. The number of imidazole rings is 1. The first kappa shape index (κ1) is 32.0. The van der Waals surface area contributed by atoms with Crippen molar-refractivity contribution >= 4 is 38.4 Å². The zero-order valence-corrected chi connectivity index (χ0v) is 28.9. The van der Waals surface area contributed by atoms with Crippen molar-refractivity contribution in [1.82, 2.24) is 14.5 Å². The van der Waals surface area contributed by atoms with Gasteiger partial charge in [0.05, 0.1) is 23.1 Å². The van der Waals surface area contributed by atoms with E-state index in [-0.39, 0.29) is 6.04 Å². The molecule has 6 nitrogen and oxygen atoms in total. The van der Waals surface area contributed by atoms with Crippen molar-refractivity contribution in [3.05, 3.63) is 199 Å². The molecule has 0 amide bonds. The normalized spacial score (nSPS) is 13.0. The third kappa shape index (κ3) is 5.91. The molecule has 2 atom stereocenters. The molecule has 1 unspecified atom stereocenters. The number of amidine groups is 1. The van der Waals surface area contributed by atoms with E-state index in [1.165, 1.54) is 5.39 Å². The first-order valence-corrected chi connectivity index (χ1v) is 17.8. The fourth-order valence-electron chi connectivity index (χ4n) is 7.38. The van der Waals surface area contributed by atoms with Crippen LogP contribution in [-0.4, -0.2) is 20.4 Å². The van der Waals surface area contributed by atoms with Gasteiger partial charge in [0.15, 0.2) is 0 Å². The predicted molar refractivity (Wildman–Crippen MR) is 218 cm³/mol. The Bertz CT molecular complexity index is 2740. The van der Waals surface area contributed by atoms with E-state index in [4.69, 9.17) is 21.4 Å². The summed E-state index contributed by atoms with van der Waals surface area (Å²) < 4.78 is 2.30. The molecule has 254 valence electrons. The van der Waals surface area contributed by atoms with Crippen LogP contribution in [0, 0.1) is 0 Å². The molecule has 0 saturated heterocycles. The summed E-state index contributed by atoms with van der Waals surface area (Å²) in [7, 11) is 0. The number of hydrogen-bond donors (Lipinski definition) is 2. The lowest BCUT2D eigenvalue weighted by molar-refractivity contribution is 0.577. The van der Waals surface area contributed by atoms with Crippen LogP contribution in [-0.2, 0) is 0 Å². The van der Waals surface area contributed by atoms with Crippen LogP contribution in [0.2, 0.25) is 0 Å². The molecule has 0 spiro atoms. The zero-order chi connectivity index (χ0) is 35.7. The maximum Gasteiger partial charge on any atom is 0.145 e. The van der Waals surface area contributed by atoms with Gasteiger partial charge in [-0.05, 0) is 51.2 Å². The molecule has 7 aromatic carbocycles. The van der Waals surface area contributed by atoms with Gasteiger partial charge in [0.1, 0.15) is 11.7 Å². The zero-order valence-electron chi connectivity index (χ0n) is 28.9. The molecule has 9 rings (SSSR count). The van der Waals surface area contributed by atoms with E-state index < -0.39 is 6.04 Å². The molecule has 0 aliphatic heterocycles. The number of hydrogen-bond acceptors (Lipinski definition) is 4. The summed E-state index contributed by atoms with van der Waals surface area (Å²) in [6, 6.07) is 57.3. The molecular formula is C47H36N6. The largest absolute Gasteiger partial charge is 0.383 e. The van der Waals surface area contributed by atoms with Crippen LogP contribution in [0.3, 0.4) is 0 Å². The minimum absolute atomic E-state index is 0.363. The lowest BCUT2D eigenvalue weighted by atomic mass is 9.93. The number of rotatable bonds is 8. The third-order valence-electron chi connectivity index (χ3n) is 10.0. The maximum absolute atomic E-state index is 7.01. The molecule has 9 aromatic rings. The number of nitrogens with zero attached hydrogens (tertiary/aromatic N) is 4. The second kappa shape index (κ2) is 13.7. The summed E-state index contributed by atoms with van der Waals surface area (Å²) in [6.45, 7) is 0. The highest BCUT2D eigenvalue weighted by molar-refractivity contribution is 6.24. The summed E-state index contributed by atoms with van der Waals surface area (Å²) in [4.78, 5) is 14.8. The number of nitrogens with two attached hydrogens (primary N) is 2. The highest BCUT2D eigenvalue weighted by atomic mass is 15.1. The summed E-state index contributed by atoms with van der Waals surface area (Å²) in [5, 5.41) is 4.49. The van der Waals surface area contributed by atoms with E-state index in [1.54, 1.807) is 0 Å². The molecular weight excluding hydrogens is 649 g/mol. The molecule has 0 bridgehead atoms. The average molecular weight is 685 g/mol. The molecule has 0 aliphatic carbocycles. The van der Waals surface area contributed by atoms with Gasteiger partial charge in [0, 0.05) is 40.0 Å². The summed E-state index contributed by atoms with van der Waals surface area (Å²) in [5.41, 5.74) is 22.6. The third-order valence-corrected chi connectivity index (χ3v) is 10.0. The number of pyridine rings is 1. The smallest absolute Gasteiger partial charge is 0.145 e. The lowest BCUT2D eigenvalue weighted by Crippen LogP contribution is -2.23. The lowest BCUT2D eigenvalue weighted by Gasteiger charge is -2.22. The van der Waals surface area contributed by atoms with Crippen LogP contribution >= 0.6 is 0 Å². The van der Waals surface area contributed by atoms with Crippen LogP contribution in [0.15, 0.2) is 187 Å². The van der Waals surface area contributed by atoms with Gasteiger partial charge in [-0.3, -0.25) is 14.5 Å². The highest BCUT2D eigenvalue weighted by Crippen LogP contribution is 2.39. The number of benzene rings is 7. The van der Waals surface area contributed by atoms with Crippen molar-refractivity contribution in [2.45, 2.75) is 12.1 Å². The standard InChI is InChI=1S/C47H36N6/c48-42(43(33-13-4-1-5-14-33)51-46(49)34-15-6-2-7-16-34)32-25-23-31(24-26-32)36-19-12-20-37(29-36)53-45-40-22-11-10-21-38(40)39-27-28-50-30-41(39)44(45)52-47(53)35-17-8-3-9-18-35/h1-30,42-43H,48H2,(H2,49,51)/t42-,43?/m0/s1. The van der Waals surface area contributed by atoms with Crippen molar-refractivity contribution in [2.24, 2.45) is 16.5 Å². The van der Waals surface area contributed by atoms with Gasteiger partial charge in [-0.25, -0.2) is 4.98 Å². The Morgan fingerprint density at radius 2 is 1.21 bits per heavy atom. The fourth-order valence-corrected chi connectivity index (χ4v) is 7.38. The molecule has 0 saturated carbocycles. The van der Waals surface area contributed by atoms with Gasteiger partial charge >= 0.3 is 0 Å². The van der Waals surface area contributed by atoms with Crippen LogP contribution < -0.4 is 11.5 Å². The predicted octanol–water partition coefficient (Wildman–Crippen LogP) is 10.2. The number of aromatic nitrogens is 3.